The molecule has 3 heterocycles. The Bertz CT molecular complexity index is 823. The first-order valence-corrected chi connectivity index (χ1v) is 8.57. The molecule has 3 aromatic rings. The van der Waals surface area contributed by atoms with Gasteiger partial charge in [0, 0.05) is 37.9 Å². The molecule has 1 aliphatic rings. The summed E-state index contributed by atoms with van der Waals surface area (Å²) < 4.78 is 3.95. The van der Waals surface area contributed by atoms with Crippen LogP contribution in [0.5, 0.6) is 0 Å². The van der Waals surface area contributed by atoms with Gasteiger partial charge in [0.2, 0.25) is 0 Å². The first kappa shape index (κ1) is 18.5. The van der Waals surface area contributed by atoms with Crippen molar-refractivity contribution >= 4 is 11.8 Å². The molecule has 8 heteroatoms. The Kier molecular flexibility index (Phi) is 5.77. The van der Waals surface area contributed by atoms with Crippen LogP contribution in [0.2, 0.25) is 0 Å². The topological polar surface area (TPSA) is 93.2 Å². The minimum Gasteiger partial charge on any atom is -0.396 e. The van der Waals surface area contributed by atoms with E-state index in [1.807, 2.05) is 21.5 Å². The fourth-order valence-electron chi connectivity index (χ4n) is 2.70. The lowest BCUT2D eigenvalue weighted by Crippen LogP contribution is -2.34. The lowest BCUT2D eigenvalue weighted by molar-refractivity contribution is 0.0614. The van der Waals surface area contributed by atoms with Crippen molar-refractivity contribution in [1.29, 1.82) is 0 Å². The molecule has 8 nitrogen and oxygen atoms in total. The largest absolute Gasteiger partial charge is 0.396 e. The predicted octanol–water partition coefficient (Wildman–Crippen LogP) is 1.50. The maximum absolute atomic E-state index is 11.9. The van der Waals surface area contributed by atoms with Crippen LogP contribution in [-0.2, 0) is 6.67 Å². The maximum atomic E-state index is 11.9. The smallest absolute Gasteiger partial charge is 0.261 e. The van der Waals surface area contributed by atoms with Gasteiger partial charge in [-0.2, -0.15) is 0 Å². The minimum absolute atomic E-state index is 0.0343. The van der Waals surface area contributed by atoms with Gasteiger partial charge >= 0.3 is 0 Å². The number of aromatic nitrogens is 4. The van der Waals surface area contributed by atoms with Crippen molar-refractivity contribution < 1.29 is 14.7 Å². The van der Waals surface area contributed by atoms with Crippen molar-refractivity contribution in [3.63, 3.8) is 0 Å². The summed E-state index contributed by atoms with van der Waals surface area (Å²) in [5.41, 5.74) is 0.912. The van der Waals surface area contributed by atoms with Crippen LogP contribution in [0.25, 0.3) is 0 Å². The highest BCUT2D eigenvalue weighted by Gasteiger charge is 2.35. The van der Waals surface area contributed by atoms with Crippen molar-refractivity contribution in [2.75, 3.05) is 13.2 Å². The van der Waals surface area contributed by atoms with E-state index in [4.69, 9.17) is 5.11 Å². The first-order chi connectivity index (χ1) is 13.1. The fraction of sp³-hybridized carbons (Fsp3) is 0.263. The molecule has 0 spiro atoms. The highest BCUT2D eigenvalue weighted by molar-refractivity contribution is 6.21. The molecule has 0 saturated heterocycles. The van der Waals surface area contributed by atoms with E-state index in [1.165, 1.54) is 4.90 Å². The van der Waals surface area contributed by atoms with Crippen LogP contribution in [0.3, 0.4) is 0 Å². The second kappa shape index (κ2) is 8.41. The monoisotopic (exact) mass is 367 g/mol. The molecular weight excluding hydrogens is 346 g/mol. The van der Waals surface area contributed by atoms with E-state index in [0.717, 1.165) is 6.67 Å². The third-order valence-electron chi connectivity index (χ3n) is 4.13. The molecule has 2 aromatic heterocycles. The van der Waals surface area contributed by atoms with Crippen molar-refractivity contribution in [1.82, 2.24) is 24.0 Å². The van der Waals surface area contributed by atoms with Crippen molar-refractivity contribution in [2.45, 2.75) is 13.6 Å². The molecule has 1 unspecified atom stereocenters. The summed E-state index contributed by atoms with van der Waals surface area (Å²) >= 11 is 0. The van der Waals surface area contributed by atoms with Crippen LogP contribution < -0.4 is 0 Å². The molecule has 0 bridgehead atoms. The molecule has 0 saturated carbocycles. The predicted molar refractivity (Wildman–Crippen MR) is 97.9 cm³/mol. The standard InChI is InChI=1S/C12H13NO3.C7H8N4/c1-8(7-14)6-13-11(15)9-4-2-3-5-10(9)12(13)16;1-3-10(5-8-1)7-11-4-2-9-6-11/h2-5,8,14H,6-7H2,1H3;1-6H,7H2. The van der Waals surface area contributed by atoms with Crippen LogP contribution >= 0.6 is 0 Å². The second-order valence-electron chi connectivity index (χ2n) is 6.35. The zero-order valence-electron chi connectivity index (χ0n) is 15.0. The molecule has 27 heavy (non-hydrogen) atoms. The Morgan fingerprint density at radius 2 is 1.48 bits per heavy atom. The molecule has 0 radical (unpaired) electrons. The average molecular weight is 367 g/mol. The Hall–Kier alpha value is -3.26. The average Bonchev–Trinajstić information content (AvgIpc) is 3.43. The molecule has 1 atom stereocenters. The van der Waals surface area contributed by atoms with E-state index in [9.17, 15) is 9.59 Å². The summed E-state index contributed by atoms with van der Waals surface area (Å²) in [7, 11) is 0. The lowest BCUT2D eigenvalue weighted by atomic mass is 10.1. The zero-order chi connectivity index (χ0) is 19.2. The summed E-state index contributed by atoms with van der Waals surface area (Å²) in [5, 5.41) is 8.94. The third-order valence-corrected chi connectivity index (χ3v) is 4.13. The summed E-state index contributed by atoms with van der Waals surface area (Å²) in [6.07, 6.45) is 10.9. The number of rotatable bonds is 5. The van der Waals surface area contributed by atoms with Gasteiger partial charge < -0.3 is 14.2 Å². The number of imidazole rings is 2. The molecule has 4 rings (SSSR count). The molecule has 0 fully saturated rings. The zero-order valence-corrected chi connectivity index (χ0v) is 15.0. The van der Waals surface area contributed by atoms with Gasteiger partial charge in [-0.1, -0.05) is 19.1 Å². The van der Waals surface area contributed by atoms with Gasteiger partial charge in [-0.05, 0) is 18.1 Å². The quantitative estimate of drug-likeness (QED) is 0.690. The van der Waals surface area contributed by atoms with Gasteiger partial charge in [0.1, 0.15) is 6.67 Å². The fourth-order valence-corrected chi connectivity index (χ4v) is 2.70. The Morgan fingerprint density at radius 1 is 0.963 bits per heavy atom. The lowest BCUT2D eigenvalue weighted by Gasteiger charge is -2.17. The van der Waals surface area contributed by atoms with Gasteiger partial charge in [0.25, 0.3) is 11.8 Å². The highest BCUT2D eigenvalue weighted by Crippen LogP contribution is 2.23. The van der Waals surface area contributed by atoms with Crippen LogP contribution in [0.1, 0.15) is 27.6 Å². The number of benzene rings is 1. The van der Waals surface area contributed by atoms with Crippen LogP contribution in [0, 0.1) is 5.92 Å². The first-order valence-electron chi connectivity index (χ1n) is 8.57. The van der Waals surface area contributed by atoms with E-state index in [-0.39, 0.29) is 30.9 Å². The second-order valence-corrected chi connectivity index (χ2v) is 6.35. The molecular formula is C19H21N5O3. The minimum atomic E-state index is -0.263. The molecule has 140 valence electrons. The number of carbonyl (C=O) groups excluding carboxylic acids is 2. The number of imide groups is 1. The maximum Gasteiger partial charge on any atom is 0.261 e. The van der Waals surface area contributed by atoms with Crippen molar-refractivity contribution in [2.24, 2.45) is 5.92 Å². The molecule has 1 aliphatic heterocycles. The SMILES string of the molecule is CC(CO)CN1C(=O)c2ccccc2C1=O.c1cn(Cn2ccnc2)cn1. The summed E-state index contributed by atoms with van der Waals surface area (Å²) in [5.74, 6) is -0.621. The Labute approximate surface area is 156 Å². The Balaban J connectivity index is 0.000000166. The number of hydrogen-bond donors (Lipinski definition) is 1. The van der Waals surface area contributed by atoms with Crippen LogP contribution in [0.15, 0.2) is 61.7 Å². The number of fused-ring (bicyclic) bond motifs is 1. The van der Waals surface area contributed by atoms with E-state index >= 15 is 0 Å². The number of hydrogen-bond acceptors (Lipinski definition) is 5. The highest BCUT2D eigenvalue weighted by atomic mass is 16.3. The molecule has 0 aliphatic carbocycles. The number of aliphatic hydroxyl groups is 1. The van der Waals surface area contributed by atoms with Crippen molar-refractivity contribution in [3.8, 4) is 0 Å². The molecule has 2 amide bonds. The molecule has 1 N–H and O–H groups in total. The summed E-state index contributed by atoms with van der Waals surface area (Å²) in [4.78, 5) is 32.8. The van der Waals surface area contributed by atoms with Crippen molar-refractivity contribution in [3.05, 3.63) is 72.8 Å². The molecule has 1 aromatic carbocycles. The van der Waals surface area contributed by atoms with Gasteiger partial charge in [-0.25, -0.2) is 9.97 Å². The number of amides is 2. The van der Waals surface area contributed by atoms with Crippen LogP contribution in [0.4, 0.5) is 0 Å². The van der Waals surface area contributed by atoms with E-state index < -0.39 is 0 Å². The van der Waals surface area contributed by atoms with E-state index in [2.05, 4.69) is 9.97 Å². The summed E-state index contributed by atoms with van der Waals surface area (Å²) in [6.45, 7) is 2.81. The normalized spacial score (nSPS) is 13.9. The van der Waals surface area contributed by atoms with Gasteiger partial charge in [0.15, 0.2) is 0 Å². The summed E-state index contributed by atoms with van der Waals surface area (Å²) in [6, 6.07) is 6.78. The Morgan fingerprint density at radius 3 is 1.89 bits per heavy atom. The van der Waals surface area contributed by atoms with E-state index in [0.29, 0.717) is 11.1 Å². The van der Waals surface area contributed by atoms with Crippen LogP contribution in [-0.4, -0.2) is 54.1 Å². The number of carbonyl (C=O) groups is 2. The number of nitrogens with zero attached hydrogens (tertiary/aromatic N) is 5. The number of aliphatic hydroxyl groups excluding tert-OH is 1. The van der Waals surface area contributed by atoms with Gasteiger partial charge in [-0.3, -0.25) is 14.5 Å². The third kappa shape index (κ3) is 4.29. The van der Waals surface area contributed by atoms with Gasteiger partial charge in [-0.15, -0.1) is 0 Å². The van der Waals surface area contributed by atoms with Gasteiger partial charge in [0.05, 0.1) is 23.8 Å². The van der Waals surface area contributed by atoms with E-state index in [1.54, 1.807) is 56.2 Å².